The van der Waals surface area contributed by atoms with Crippen LogP contribution in [0.2, 0.25) is 0 Å². The average molecular weight is 236 g/mol. The summed E-state index contributed by atoms with van der Waals surface area (Å²) in [5, 5.41) is 0. The first-order chi connectivity index (χ1) is 8.27. The van der Waals surface area contributed by atoms with Gasteiger partial charge in [-0.1, -0.05) is 12.1 Å². The van der Waals surface area contributed by atoms with Crippen LogP contribution in [0.4, 0.5) is 0 Å². The molecule has 0 spiro atoms. The smallest absolute Gasteiger partial charge is 0.265 e. The van der Waals surface area contributed by atoms with Gasteiger partial charge in [-0.05, 0) is 18.2 Å². The van der Waals surface area contributed by atoms with E-state index in [1.165, 1.54) is 0 Å². The first-order valence-electron chi connectivity index (χ1n) is 5.20. The molecule has 0 unspecified atom stereocenters. The van der Waals surface area contributed by atoms with Crippen LogP contribution in [-0.4, -0.2) is 25.7 Å². The predicted molar refractivity (Wildman–Crippen MR) is 64.6 cm³/mol. The van der Waals surface area contributed by atoms with Crippen LogP contribution in [0.3, 0.4) is 0 Å². The molecule has 0 saturated carbocycles. The molecule has 0 bridgehead atoms. The molecule has 0 aliphatic rings. The molecule has 0 aromatic heterocycles. The molecule has 0 heterocycles. The maximum atomic E-state index is 11.3. The second kappa shape index (κ2) is 7.43. The van der Waals surface area contributed by atoms with Crippen LogP contribution in [0.5, 0.6) is 5.75 Å². The number of nitrogen functional groups attached to an aromatic ring is 1. The molecule has 0 fully saturated rings. The summed E-state index contributed by atoms with van der Waals surface area (Å²) in [6, 6.07) is 6.77. The van der Waals surface area contributed by atoms with E-state index >= 15 is 0 Å². The Morgan fingerprint density at radius 3 is 3.00 bits per heavy atom. The van der Waals surface area contributed by atoms with Gasteiger partial charge in [0.2, 0.25) is 0 Å². The van der Waals surface area contributed by atoms with Gasteiger partial charge in [-0.25, -0.2) is 5.84 Å². The summed E-state index contributed by atoms with van der Waals surface area (Å²) in [6.07, 6.45) is 1.67. The van der Waals surface area contributed by atoms with Crippen LogP contribution in [0.15, 0.2) is 36.9 Å². The molecule has 0 aliphatic heterocycles. The highest BCUT2D eigenvalue weighted by atomic mass is 16.5. The van der Waals surface area contributed by atoms with Gasteiger partial charge in [0.1, 0.15) is 12.4 Å². The molecule has 5 nitrogen and oxygen atoms in total. The highest BCUT2D eigenvalue weighted by Gasteiger charge is 2.04. The first kappa shape index (κ1) is 13.2. The monoisotopic (exact) mass is 236 g/mol. The van der Waals surface area contributed by atoms with E-state index in [1.54, 1.807) is 30.3 Å². The quantitative estimate of drug-likeness (QED) is 0.242. The molecule has 1 aromatic rings. The molecule has 1 aromatic carbocycles. The van der Waals surface area contributed by atoms with Gasteiger partial charge in [0.05, 0.1) is 13.2 Å². The number of nitrogens with one attached hydrogen (secondary N) is 1. The molecule has 0 atom stereocenters. The van der Waals surface area contributed by atoms with Crippen molar-refractivity contribution >= 4 is 5.91 Å². The summed E-state index contributed by atoms with van der Waals surface area (Å²) >= 11 is 0. The molecule has 17 heavy (non-hydrogen) atoms. The zero-order valence-electron chi connectivity index (χ0n) is 9.52. The van der Waals surface area contributed by atoms with Crippen molar-refractivity contribution in [3.05, 3.63) is 42.5 Å². The Hall–Kier alpha value is -1.85. The number of carbonyl (C=O) groups is 1. The van der Waals surface area contributed by atoms with Gasteiger partial charge < -0.3 is 9.47 Å². The van der Waals surface area contributed by atoms with Crippen LogP contribution < -0.4 is 16.0 Å². The van der Waals surface area contributed by atoms with Crippen molar-refractivity contribution in [2.45, 2.75) is 0 Å². The van der Waals surface area contributed by atoms with Crippen LogP contribution in [-0.2, 0) is 4.74 Å². The number of hydrazine groups is 1. The van der Waals surface area contributed by atoms with Crippen molar-refractivity contribution in [3.8, 4) is 5.75 Å². The molecule has 1 rings (SSSR count). The summed E-state index contributed by atoms with van der Waals surface area (Å²) < 4.78 is 10.6. The molecule has 3 N–H and O–H groups in total. The second-order valence-electron chi connectivity index (χ2n) is 3.21. The maximum Gasteiger partial charge on any atom is 0.265 e. The molecule has 1 amide bonds. The van der Waals surface area contributed by atoms with E-state index in [0.29, 0.717) is 31.1 Å². The number of rotatable bonds is 7. The Morgan fingerprint density at radius 2 is 2.29 bits per heavy atom. The molecule has 92 valence electrons. The summed E-state index contributed by atoms with van der Waals surface area (Å²) in [5.41, 5.74) is 2.52. The minimum atomic E-state index is -0.349. The maximum absolute atomic E-state index is 11.3. The summed E-state index contributed by atoms with van der Waals surface area (Å²) in [7, 11) is 0. The first-order valence-corrected chi connectivity index (χ1v) is 5.20. The average Bonchev–Trinajstić information content (AvgIpc) is 2.38. The number of benzene rings is 1. The van der Waals surface area contributed by atoms with Crippen LogP contribution >= 0.6 is 0 Å². The van der Waals surface area contributed by atoms with E-state index in [0.717, 1.165) is 0 Å². The Kier molecular flexibility index (Phi) is 5.77. The Balaban J connectivity index is 2.43. The molecule has 5 heteroatoms. The van der Waals surface area contributed by atoms with E-state index in [1.807, 2.05) is 0 Å². The zero-order chi connectivity index (χ0) is 12.5. The van der Waals surface area contributed by atoms with Gasteiger partial charge in [0, 0.05) is 5.56 Å². The predicted octanol–water partition coefficient (Wildman–Crippen LogP) is 0.871. The number of amides is 1. The van der Waals surface area contributed by atoms with Crippen molar-refractivity contribution in [2.75, 3.05) is 19.8 Å². The van der Waals surface area contributed by atoms with E-state index in [2.05, 4.69) is 12.0 Å². The largest absolute Gasteiger partial charge is 0.491 e. The second-order valence-corrected chi connectivity index (χ2v) is 3.21. The fourth-order valence-corrected chi connectivity index (χ4v) is 1.20. The van der Waals surface area contributed by atoms with Gasteiger partial charge in [-0.3, -0.25) is 10.2 Å². The normalized spacial score (nSPS) is 9.71. The van der Waals surface area contributed by atoms with E-state index < -0.39 is 0 Å². The fraction of sp³-hybridized carbons (Fsp3) is 0.250. The van der Waals surface area contributed by atoms with E-state index in [9.17, 15) is 4.79 Å². The Bertz CT molecular complexity index is 380. The summed E-state index contributed by atoms with van der Waals surface area (Å²) in [5.74, 6) is 5.30. The molecule has 0 saturated heterocycles. The standard InChI is InChI=1S/C12H16N2O3/c1-2-6-16-7-8-17-11-5-3-4-10(9-11)12(15)14-13/h2-5,9H,1,6-8,13H2,(H,14,15). The van der Waals surface area contributed by atoms with Gasteiger partial charge in [0.25, 0.3) is 5.91 Å². The SMILES string of the molecule is C=CCOCCOc1cccc(C(=O)NN)c1. The van der Waals surface area contributed by atoms with Crippen LogP contribution in [0, 0.1) is 0 Å². The van der Waals surface area contributed by atoms with Crippen molar-refractivity contribution in [1.82, 2.24) is 5.43 Å². The molecular formula is C12H16N2O3. The lowest BCUT2D eigenvalue weighted by Crippen LogP contribution is -2.29. The van der Waals surface area contributed by atoms with Crippen LogP contribution in [0.25, 0.3) is 0 Å². The highest BCUT2D eigenvalue weighted by molar-refractivity contribution is 5.94. The van der Waals surface area contributed by atoms with Gasteiger partial charge in [0.15, 0.2) is 0 Å². The number of hydrogen-bond donors (Lipinski definition) is 2. The Morgan fingerprint density at radius 1 is 1.47 bits per heavy atom. The lowest BCUT2D eigenvalue weighted by atomic mass is 10.2. The van der Waals surface area contributed by atoms with Gasteiger partial charge in [-0.2, -0.15) is 0 Å². The molecule has 0 aliphatic carbocycles. The van der Waals surface area contributed by atoms with Crippen molar-refractivity contribution in [3.63, 3.8) is 0 Å². The lowest BCUT2D eigenvalue weighted by Gasteiger charge is -2.07. The Labute approximate surface area is 100 Å². The fourth-order valence-electron chi connectivity index (χ4n) is 1.20. The zero-order valence-corrected chi connectivity index (χ0v) is 9.52. The number of ether oxygens (including phenoxy) is 2. The topological polar surface area (TPSA) is 73.6 Å². The third-order valence-corrected chi connectivity index (χ3v) is 1.96. The third kappa shape index (κ3) is 4.67. The number of nitrogens with two attached hydrogens (primary N) is 1. The minimum Gasteiger partial charge on any atom is -0.491 e. The van der Waals surface area contributed by atoms with Gasteiger partial charge in [-0.15, -0.1) is 6.58 Å². The lowest BCUT2D eigenvalue weighted by molar-refractivity contribution is 0.0952. The number of hydrogen-bond acceptors (Lipinski definition) is 4. The summed E-state index contributed by atoms with van der Waals surface area (Å²) in [6.45, 7) is 4.92. The van der Waals surface area contributed by atoms with E-state index in [4.69, 9.17) is 15.3 Å². The minimum absolute atomic E-state index is 0.349. The van der Waals surface area contributed by atoms with Crippen molar-refractivity contribution < 1.29 is 14.3 Å². The molecule has 0 radical (unpaired) electrons. The van der Waals surface area contributed by atoms with Gasteiger partial charge >= 0.3 is 0 Å². The van der Waals surface area contributed by atoms with Crippen molar-refractivity contribution in [1.29, 1.82) is 0 Å². The van der Waals surface area contributed by atoms with E-state index in [-0.39, 0.29) is 5.91 Å². The highest BCUT2D eigenvalue weighted by Crippen LogP contribution is 2.12. The number of carbonyl (C=O) groups excluding carboxylic acids is 1. The van der Waals surface area contributed by atoms with Crippen molar-refractivity contribution in [2.24, 2.45) is 5.84 Å². The van der Waals surface area contributed by atoms with Crippen LogP contribution in [0.1, 0.15) is 10.4 Å². The molecular weight excluding hydrogens is 220 g/mol. The summed E-state index contributed by atoms with van der Waals surface area (Å²) in [4.78, 5) is 11.3. The third-order valence-electron chi connectivity index (χ3n) is 1.96.